The van der Waals surface area contributed by atoms with Crippen LogP contribution in [0.3, 0.4) is 0 Å². The molecule has 1 fully saturated rings. The third-order valence-electron chi connectivity index (χ3n) is 5.23. The van der Waals surface area contributed by atoms with Crippen LogP contribution in [0, 0.1) is 0 Å². The lowest BCUT2D eigenvalue weighted by molar-refractivity contribution is -0.113. The summed E-state index contributed by atoms with van der Waals surface area (Å²) in [7, 11) is 1.65. The van der Waals surface area contributed by atoms with Crippen molar-refractivity contribution in [1.29, 1.82) is 0 Å². The maximum Gasteiger partial charge on any atom is 0.118 e. The molecule has 0 radical (unpaired) electrons. The van der Waals surface area contributed by atoms with Crippen LogP contribution in [0.25, 0.3) is 0 Å². The molecule has 0 aromatic heterocycles. The van der Waals surface area contributed by atoms with Gasteiger partial charge < -0.3 is 24.4 Å². The molecule has 2 aromatic carbocycles. The van der Waals surface area contributed by atoms with E-state index in [9.17, 15) is 10.2 Å². The number of aliphatic hydroxyl groups is 2. The van der Waals surface area contributed by atoms with Crippen LogP contribution in [-0.2, 0) is 16.1 Å². The van der Waals surface area contributed by atoms with Crippen molar-refractivity contribution in [2.45, 2.75) is 43.9 Å². The summed E-state index contributed by atoms with van der Waals surface area (Å²) in [5, 5.41) is 19.5. The quantitative estimate of drug-likeness (QED) is 0.882. The van der Waals surface area contributed by atoms with Crippen LogP contribution in [0.5, 0.6) is 5.75 Å². The second-order valence-electron chi connectivity index (χ2n) is 6.98. The number of ether oxygens (including phenoxy) is 3. The predicted molar refractivity (Wildman–Crippen MR) is 96.0 cm³/mol. The summed E-state index contributed by atoms with van der Waals surface area (Å²) in [5.74, 6) is 0.820. The van der Waals surface area contributed by atoms with E-state index < -0.39 is 6.10 Å². The topological polar surface area (TPSA) is 68.2 Å². The highest BCUT2D eigenvalue weighted by atomic mass is 16.5. The summed E-state index contributed by atoms with van der Waals surface area (Å²) >= 11 is 0. The van der Waals surface area contributed by atoms with Gasteiger partial charge in [0.25, 0.3) is 0 Å². The first-order valence-electron chi connectivity index (χ1n) is 9.00. The van der Waals surface area contributed by atoms with Crippen LogP contribution < -0.4 is 4.74 Å². The standard InChI is InChI=1S/C21H24O5/c1-24-17-6-4-13(5-7-17)21-19-8-14(2-3-15(19)12-25-21)20-10-16(23)9-18(11-22)26-20/h2-8,16,18,20-23H,9-12H2,1H3. The average molecular weight is 356 g/mol. The van der Waals surface area contributed by atoms with Gasteiger partial charge in [-0.05, 0) is 40.5 Å². The second kappa shape index (κ2) is 7.37. The maximum atomic E-state index is 10.1. The maximum absolute atomic E-state index is 10.1. The van der Waals surface area contributed by atoms with E-state index in [1.54, 1.807) is 7.11 Å². The highest BCUT2D eigenvalue weighted by Crippen LogP contribution is 2.39. The molecule has 26 heavy (non-hydrogen) atoms. The van der Waals surface area contributed by atoms with Crippen molar-refractivity contribution in [2.75, 3.05) is 13.7 Å². The largest absolute Gasteiger partial charge is 0.497 e. The summed E-state index contributed by atoms with van der Waals surface area (Å²) in [5.41, 5.74) is 4.41. The second-order valence-corrected chi connectivity index (χ2v) is 6.98. The van der Waals surface area contributed by atoms with Crippen molar-refractivity contribution in [3.8, 4) is 5.75 Å². The number of rotatable bonds is 4. The average Bonchev–Trinajstić information content (AvgIpc) is 3.10. The van der Waals surface area contributed by atoms with Gasteiger partial charge in [-0.2, -0.15) is 0 Å². The van der Waals surface area contributed by atoms with Gasteiger partial charge in [-0.1, -0.05) is 24.3 Å². The molecule has 2 aromatic rings. The third-order valence-corrected chi connectivity index (χ3v) is 5.23. The Bertz CT molecular complexity index is 757. The smallest absolute Gasteiger partial charge is 0.118 e. The van der Waals surface area contributed by atoms with E-state index in [0.717, 1.165) is 22.4 Å². The first kappa shape index (κ1) is 17.5. The zero-order chi connectivity index (χ0) is 18.1. The van der Waals surface area contributed by atoms with Gasteiger partial charge >= 0.3 is 0 Å². The lowest BCUT2D eigenvalue weighted by atomic mass is 9.92. The molecule has 2 N–H and O–H groups in total. The molecule has 0 aliphatic carbocycles. The zero-order valence-corrected chi connectivity index (χ0v) is 14.8. The Kier molecular flexibility index (Phi) is 4.96. The Balaban J connectivity index is 1.61. The minimum atomic E-state index is -0.451. The minimum Gasteiger partial charge on any atom is -0.497 e. The first-order valence-corrected chi connectivity index (χ1v) is 9.00. The van der Waals surface area contributed by atoms with E-state index in [0.29, 0.717) is 19.4 Å². The molecule has 5 heteroatoms. The summed E-state index contributed by atoms with van der Waals surface area (Å²) in [4.78, 5) is 0. The number of hydrogen-bond donors (Lipinski definition) is 2. The van der Waals surface area contributed by atoms with Crippen molar-refractivity contribution >= 4 is 0 Å². The number of methoxy groups -OCH3 is 1. The van der Waals surface area contributed by atoms with Crippen molar-refractivity contribution < 1.29 is 24.4 Å². The molecule has 0 saturated carbocycles. The van der Waals surface area contributed by atoms with Gasteiger partial charge in [0.2, 0.25) is 0 Å². The monoisotopic (exact) mass is 356 g/mol. The van der Waals surface area contributed by atoms with Crippen molar-refractivity contribution in [1.82, 2.24) is 0 Å². The molecule has 2 heterocycles. The van der Waals surface area contributed by atoms with Crippen molar-refractivity contribution in [3.05, 3.63) is 64.7 Å². The fourth-order valence-electron chi connectivity index (χ4n) is 3.83. The predicted octanol–water partition coefficient (Wildman–Crippen LogP) is 2.89. The van der Waals surface area contributed by atoms with E-state index in [4.69, 9.17) is 14.2 Å². The molecule has 4 atom stereocenters. The molecule has 2 aliphatic rings. The molecule has 1 saturated heterocycles. The van der Waals surface area contributed by atoms with Gasteiger partial charge in [-0.15, -0.1) is 0 Å². The fourth-order valence-corrected chi connectivity index (χ4v) is 3.83. The van der Waals surface area contributed by atoms with Crippen molar-refractivity contribution in [2.24, 2.45) is 0 Å². The molecule has 0 amide bonds. The first-order chi connectivity index (χ1) is 12.7. The Morgan fingerprint density at radius 3 is 2.58 bits per heavy atom. The summed E-state index contributed by atoms with van der Waals surface area (Å²) < 4.78 is 17.2. The summed E-state index contributed by atoms with van der Waals surface area (Å²) in [6.07, 6.45) is -0.0615. The van der Waals surface area contributed by atoms with Gasteiger partial charge in [0.15, 0.2) is 0 Å². The van der Waals surface area contributed by atoms with Crippen LogP contribution >= 0.6 is 0 Å². The number of hydrogen-bond acceptors (Lipinski definition) is 5. The Morgan fingerprint density at radius 1 is 1.08 bits per heavy atom. The molecule has 138 valence electrons. The van der Waals surface area contributed by atoms with E-state index in [2.05, 4.69) is 12.1 Å². The van der Waals surface area contributed by atoms with E-state index in [-0.39, 0.29) is 24.9 Å². The van der Waals surface area contributed by atoms with Crippen LogP contribution in [0.4, 0.5) is 0 Å². The summed E-state index contributed by atoms with van der Waals surface area (Å²) in [6, 6.07) is 14.2. The molecule has 0 spiro atoms. The van der Waals surface area contributed by atoms with Gasteiger partial charge in [-0.25, -0.2) is 0 Å². The summed E-state index contributed by atoms with van der Waals surface area (Å²) in [6.45, 7) is 0.510. The lowest BCUT2D eigenvalue weighted by Crippen LogP contribution is -2.33. The van der Waals surface area contributed by atoms with Gasteiger partial charge in [0.05, 0.1) is 38.6 Å². The fraction of sp³-hybridized carbons (Fsp3) is 0.429. The zero-order valence-electron chi connectivity index (χ0n) is 14.8. The Labute approximate surface area is 153 Å². The normalized spacial score (nSPS) is 28.0. The number of benzene rings is 2. The number of fused-ring (bicyclic) bond motifs is 1. The van der Waals surface area contributed by atoms with Crippen LogP contribution in [0.1, 0.15) is 47.3 Å². The Morgan fingerprint density at radius 2 is 1.85 bits per heavy atom. The lowest BCUT2D eigenvalue weighted by Gasteiger charge is -2.32. The highest BCUT2D eigenvalue weighted by molar-refractivity contribution is 5.43. The van der Waals surface area contributed by atoms with E-state index >= 15 is 0 Å². The van der Waals surface area contributed by atoms with Crippen LogP contribution in [0.2, 0.25) is 0 Å². The highest BCUT2D eigenvalue weighted by Gasteiger charge is 2.31. The minimum absolute atomic E-state index is 0.0733. The van der Waals surface area contributed by atoms with Crippen LogP contribution in [0.15, 0.2) is 42.5 Å². The van der Waals surface area contributed by atoms with Gasteiger partial charge in [-0.3, -0.25) is 0 Å². The van der Waals surface area contributed by atoms with E-state index in [1.807, 2.05) is 30.3 Å². The Hall–Kier alpha value is -1.92. The van der Waals surface area contributed by atoms with Crippen molar-refractivity contribution in [3.63, 3.8) is 0 Å². The molecular formula is C21H24O5. The molecule has 4 rings (SSSR count). The van der Waals surface area contributed by atoms with Gasteiger partial charge in [0, 0.05) is 12.8 Å². The van der Waals surface area contributed by atoms with Gasteiger partial charge in [0.1, 0.15) is 11.9 Å². The third kappa shape index (κ3) is 3.35. The van der Waals surface area contributed by atoms with Crippen LogP contribution in [-0.4, -0.2) is 36.1 Å². The SMILES string of the molecule is COc1ccc(C2OCc3ccc(C4CC(O)CC(CO)O4)cc32)cc1. The number of aliphatic hydroxyl groups excluding tert-OH is 2. The molecule has 0 bridgehead atoms. The van der Waals surface area contributed by atoms with E-state index in [1.165, 1.54) is 5.56 Å². The molecule has 2 aliphatic heterocycles. The molecular weight excluding hydrogens is 332 g/mol. The molecule has 5 nitrogen and oxygen atoms in total. The molecule has 4 unspecified atom stereocenters.